The number of hydrogen-bond acceptors (Lipinski definition) is 9. The molecule has 1 unspecified atom stereocenters. The normalized spacial score (nSPS) is 24.8. The number of halogens is 5. The Bertz CT molecular complexity index is 1530. The molecular weight excluding hydrogens is 652 g/mol. The number of rotatable bonds is 11. The molecule has 1 fully saturated rings. The number of nitrogens with zero attached hydrogens (tertiary/aromatic N) is 3. The molecular formula is C26H35F5N5O7PS. The molecule has 2 aliphatic rings. The molecule has 0 aliphatic carbocycles. The number of aromatic nitrogens is 2. The van der Waals surface area contributed by atoms with E-state index in [-0.39, 0.29) is 18.8 Å². The van der Waals surface area contributed by atoms with E-state index in [1.54, 1.807) is 13.8 Å². The lowest BCUT2D eigenvalue weighted by molar-refractivity contribution is -0.270. The maximum atomic E-state index is 15.0. The van der Waals surface area contributed by atoms with E-state index in [4.69, 9.17) is 14.2 Å². The van der Waals surface area contributed by atoms with Crippen LogP contribution in [0.5, 0.6) is 0 Å². The lowest BCUT2D eigenvalue weighted by Crippen LogP contribution is -2.59. The second-order valence-corrected chi connectivity index (χ2v) is 15.5. The number of esters is 1. The number of benzene rings is 1. The molecule has 12 nitrogen and oxygen atoms in total. The quantitative estimate of drug-likeness (QED) is 0.204. The molecule has 1 aromatic carbocycles. The summed E-state index contributed by atoms with van der Waals surface area (Å²) in [6.45, 7) is 4.30. The Morgan fingerprint density at radius 1 is 1.22 bits per heavy atom. The average molecular weight is 688 g/mol. The fourth-order valence-electron chi connectivity index (χ4n) is 5.45. The van der Waals surface area contributed by atoms with Crippen molar-refractivity contribution in [1.82, 2.24) is 24.3 Å². The molecule has 2 N–H and O–H groups in total. The van der Waals surface area contributed by atoms with Crippen LogP contribution in [0.15, 0.2) is 24.4 Å². The maximum Gasteiger partial charge on any atom is 0.416 e. The summed E-state index contributed by atoms with van der Waals surface area (Å²) in [5.41, 5.74) is 0.0901. The molecule has 3 heterocycles. The summed E-state index contributed by atoms with van der Waals surface area (Å²) in [5, 5.41) is 9.35. The Morgan fingerprint density at radius 3 is 2.49 bits per heavy atom. The highest BCUT2D eigenvalue weighted by molar-refractivity contribution is 7.89. The van der Waals surface area contributed by atoms with Crippen LogP contribution in [0.1, 0.15) is 50.1 Å². The van der Waals surface area contributed by atoms with Gasteiger partial charge in [-0.05, 0) is 45.4 Å². The molecule has 0 radical (unpaired) electrons. The first-order valence-electron chi connectivity index (χ1n) is 13.8. The summed E-state index contributed by atoms with van der Waals surface area (Å²) in [7, 11) is -6.54. The second kappa shape index (κ2) is 13.3. The molecule has 2 aromatic rings. The van der Waals surface area contributed by atoms with Crippen molar-refractivity contribution in [2.75, 3.05) is 19.7 Å². The third kappa shape index (κ3) is 8.28. The van der Waals surface area contributed by atoms with E-state index in [0.717, 1.165) is 22.5 Å². The highest BCUT2D eigenvalue weighted by Crippen LogP contribution is 2.47. The van der Waals surface area contributed by atoms with Crippen LogP contribution in [0.3, 0.4) is 0 Å². The predicted molar refractivity (Wildman–Crippen MR) is 150 cm³/mol. The van der Waals surface area contributed by atoms with E-state index in [9.17, 15) is 35.3 Å². The van der Waals surface area contributed by atoms with Gasteiger partial charge in [0.05, 0.1) is 18.1 Å². The summed E-state index contributed by atoms with van der Waals surface area (Å²) in [6.07, 6.45) is -8.60. The third-order valence-electron chi connectivity index (χ3n) is 7.27. The van der Waals surface area contributed by atoms with Crippen molar-refractivity contribution in [3.8, 4) is 0 Å². The predicted octanol–water partition coefficient (Wildman–Crippen LogP) is 3.43. The fourth-order valence-corrected chi connectivity index (χ4v) is 8.11. The van der Waals surface area contributed by atoms with Crippen LogP contribution < -0.4 is 10.2 Å². The summed E-state index contributed by atoms with van der Waals surface area (Å²) in [5.74, 6) is -2.74. The zero-order valence-corrected chi connectivity index (χ0v) is 26.8. The number of carbonyl (C=O) groups excluding carboxylic acids is 1. The summed E-state index contributed by atoms with van der Waals surface area (Å²) >= 11 is 0. The molecule has 19 heteroatoms. The first-order chi connectivity index (χ1) is 20.8. The van der Waals surface area contributed by atoms with Gasteiger partial charge in [-0.2, -0.15) is 22.4 Å². The van der Waals surface area contributed by atoms with Gasteiger partial charge in [0.25, 0.3) is 10.0 Å². The highest BCUT2D eigenvalue weighted by Gasteiger charge is 2.55. The van der Waals surface area contributed by atoms with E-state index in [1.165, 1.54) is 25.1 Å². The van der Waals surface area contributed by atoms with E-state index in [2.05, 4.69) is 15.3 Å². The lowest BCUT2D eigenvalue weighted by Gasteiger charge is -2.46. The van der Waals surface area contributed by atoms with Gasteiger partial charge in [0, 0.05) is 49.6 Å². The maximum absolute atomic E-state index is 15.0. The Kier molecular flexibility index (Phi) is 10.5. The molecule has 0 saturated carbocycles. The molecule has 6 atom stereocenters. The van der Waals surface area contributed by atoms with Gasteiger partial charge in [0.2, 0.25) is 7.44 Å². The second-order valence-electron chi connectivity index (χ2n) is 11.4. The number of alkyl halides is 3. The van der Waals surface area contributed by atoms with Crippen molar-refractivity contribution in [3.05, 3.63) is 52.9 Å². The smallest absolute Gasteiger partial charge is 0.416 e. The van der Waals surface area contributed by atoms with Crippen LogP contribution in [-0.4, -0.2) is 84.7 Å². The highest BCUT2D eigenvalue weighted by atomic mass is 32.2. The number of carbonyl (C=O) groups is 1. The van der Waals surface area contributed by atoms with Crippen molar-refractivity contribution < 1.29 is 53.9 Å². The lowest BCUT2D eigenvalue weighted by atomic mass is 9.89. The largest absolute Gasteiger partial charge is 0.462 e. The van der Waals surface area contributed by atoms with Crippen LogP contribution in [-0.2, 0) is 46.7 Å². The molecule has 4 rings (SSSR count). The van der Waals surface area contributed by atoms with Gasteiger partial charge in [-0.15, -0.1) is 0 Å². The van der Waals surface area contributed by atoms with E-state index in [1.807, 2.05) is 0 Å². The summed E-state index contributed by atoms with van der Waals surface area (Å²) < 4.78 is 127. The SMILES string of the molecule is COCP(=O)(N[C@@H](C)C(=O)OC(C)C)N[C@H]1C[C@@H](N2Cc3cn(S(C)(=O)=O)nc3C2)[C@@H](C(F)(F)F)O[C@@H]1c1cc(F)ccc1F. The minimum atomic E-state index is -4.98. The Labute approximate surface area is 257 Å². The number of methoxy groups -OCH3 is 1. The minimum absolute atomic E-state index is 0.122. The molecule has 1 aromatic heterocycles. The minimum Gasteiger partial charge on any atom is -0.462 e. The number of hydrogen-bond donors (Lipinski definition) is 2. The van der Waals surface area contributed by atoms with Gasteiger partial charge in [-0.1, -0.05) is 0 Å². The molecule has 1 saturated heterocycles. The zero-order chi connectivity index (χ0) is 33.5. The monoisotopic (exact) mass is 687 g/mol. The molecule has 0 bridgehead atoms. The summed E-state index contributed by atoms with van der Waals surface area (Å²) in [4.78, 5) is 13.9. The topological polar surface area (TPSA) is 141 Å². The fraction of sp³-hybridized carbons (Fsp3) is 0.615. The van der Waals surface area contributed by atoms with E-state index >= 15 is 4.39 Å². The van der Waals surface area contributed by atoms with Crippen molar-refractivity contribution in [2.24, 2.45) is 0 Å². The average Bonchev–Trinajstić information content (AvgIpc) is 3.49. The van der Waals surface area contributed by atoms with Crippen molar-refractivity contribution in [3.63, 3.8) is 0 Å². The van der Waals surface area contributed by atoms with Crippen LogP contribution >= 0.6 is 7.44 Å². The Balaban J connectivity index is 1.71. The van der Waals surface area contributed by atoms with E-state index in [0.29, 0.717) is 11.6 Å². The third-order valence-corrected chi connectivity index (χ3v) is 10.3. The van der Waals surface area contributed by atoms with Gasteiger partial charge in [0.1, 0.15) is 30.1 Å². The number of ether oxygens (including phenoxy) is 3. The Morgan fingerprint density at radius 2 is 1.91 bits per heavy atom. The number of fused-ring (bicyclic) bond motifs is 1. The van der Waals surface area contributed by atoms with Crippen molar-refractivity contribution in [1.29, 1.82) is 0 Å². The molecule has 0 spiro atoms. The van der Waals surface area contributed by atoms with Crippen LogP contribution in [0.4, 0.5) is 22.0 Å². The molecule has 45 heavy (non-hydrogen) atoms. The first-order valence-corrected chi connectivity index (χ1v) is 17.6. The van der Waals surface area contributed by atoms with Crippen LogP contribution in [0.2, 0.25) is 0 Å². The van der Waals surface area contributed by atoms with Gasteiger partial charge < -0.3 is 14.2 Å². The standard InChI is InChI=1S/C26H35F5N5O7PS/c1-14(2)42-25(37)15(3)33-44(38,13-41-4)34-20-9-22(35-10-16-11-36(45(5,39)40)32-21(16)12-35)24(26(29,30)31)43-23(20)18-8-17(27)6-7-19(18)28/h6-8,11,14-15,20,22-24H,9-10,12-13H2,1-5H3,(H2,33,34,38)/t15-,20-,22+,23+,24-,44?/m0/s1. The van der Waals surface area contributed by atoms with Crippen molar-refractivity contribution >= 4 is 23.4 Å². The van der Waals surface area contributed by atoms with Gasteiger partial charge in [-0.3, -0.25) is 14.3 Å². The zero-order valence-electron chi connectivity index (χ0n) is 25.0. The first kappa shape index (κ1) is 35.4. The molecule has 252 valence electrons. The van der Waals surface area contributed by atoms with Gasteiger partial charge >= 0.3 is 12.1 Å². The number of nitrogens with one attached hydrogen (secondary N) is 2. The molecule has 0 amide bonds. The van der Waals surface area contributed by atoms with Crippen molar-refractivity contribution in [2.45, 2.75) is 82.9 Å². The van der Waals surface area contributed by atoms with Gasteiger partial charge in [-0.25, -0.2) is 27.4 Å². The Hall–Kier alpha value is -2.47. The van der Waals surface area contributed by atoms with Crippen LogP contribution in [0.25, 0.3) is 0 Å². The summed E-state index contributed by atoms with van der Waals surface area (Å²) in [6, 6.07) is -1.71. The van der Waals surface area contributed by atoms with Crippen LogP contribution in [0, 0.1) is 11.6 Å². The van der Waals surface area contributed by atoms with Gasteiger partial charge in [0.15, 0.2) is 6.10 Å². The van der Waals surface area contributed by atoms with E-state index < -0.39 is 96.0 Å². The molecule has 2 aliphatic heterocycles.